The summed E-state index contributed by atoms with van der Waals surface area (Å²) in [5.74, 6) is 0.246. The van der Waals surface area contributed by atoms with Crippen molar-refractivity contribution in [3.63, 3.8) is 0 Å². The minimum atomic E-state index is -1.00. The predicted octanol–water partition coefficient (Wildman–Crippen LogP) is 3.61. The molecule has 0 aliphatic heterocycles. The lowest BCUT2D eigenvalue weighted by Crippen LogP contribution is -2.28. The number of benzene rings is 1. The average molecular weight is 208 g/mol. The zero-order valence-corrected chi connectivity index (χ0v) is 8.88. The van der Waals surface area contributed by atoms with E-state index >= 15 is 0 Å². The maximum atomic E-state index is 14.3. The number of alkyl halides is 1. The molecule has 15 heavy (non-hydrogen) atoms. The first kappa shape index (κ1) is 10.5. The van der Waals surface area contributed by atoms with Gasteiger partial charge >= 0.3 is 0 Å². The monoisotopic (exact) mass is 208 g/mol. The SMILES string of the molecule is Oc1ccc(CC2(F)CCCCC2)cc1. The van der Waals surface area contributed by atoms with E-state index in [0.717, 1.165) is 18.4 Å². The first-order chi connectivity index (χ1) is 7.18. The number of aromatic hydroxyl groups is 1. The van der Waals surface area contributed by atoms with Gasteiger partial charge in [0.25, 0.3) is 0 Å². The van der Waals surface area contributed by atoms with Crippen molar-refractivity contribution in [3.8, 4) is 5.75 Å². The van der Waals surface area contributed by atoms with E-state index in [2.05, 4.69) is 0 Å². The van der Waals surface area contributed by atoms with Crippen LogP contribution in [0.25, 0.3) is 0 Å². The van der Waals surface area contributed by atoms with E-state index in [-0.39, 0.29) is 5.75 Å². The summed E-state index contributed by atoms with van der Waals surface area (Å²) in [5.41, 5.74) is -0.0212. The van der Waals surface area contributed by atoms with Gasteiger partial charge in [-0.1, -0.05) is 31.4 Å². The fourth-order valence-corrected chi connectivity index (χ4v) is 2.34. The maximum Gasteiger partial charge on any atom is 0.115 e. The zero-order valence-electron chi connectivity index (χ0n) is 8.88. The van der Waals surface area contributed by atoms with Crippen LogP contribution < -0.4 is 0 Å². The molecule has 1 N–H and O–H groups in total. The first-order valence-electron chi connectivity index (χ1n) is 5.65. The molecular weight excluding hydrogens is 191 g/mol. The second kappa shape index (κ2) is 4.21. The topological polar surface area (TPSA) is 20.2 Å². The highest BCUT2D eigenvalue weighted by molar-refractivity contribution is 5.27. The highest BCUT2D eigenvalue weighted by Gasteiger charge is 2.31. The smallest absolute Gasteiger partial charge is 0.115 e. The van der Waals surface area contributed by atoms with E-state index in [0.29, 0.717) is 19.3 Å². The predicted molar refractivity (Wildman–Crippen MR) is 58.7 cm³/mol. The third-order valence-corrected chi connectivity index (χ3v) is 3.21. The van der Waals surface area contributed by atoms with Crippen molar-refractivity contribution in [1.82, 2.24) is 0 Å². The van der Waals surface area contributed by atoms with Crippen molar-refractivity contribution in [3.05, 3.63) is 29.8 Å². The molecular formula is C13H17FO. The highest BCUT2D eigenvalue weighted by atomic mass is 19.1. The van der Waals surface area contributed by atoms with Gasteiger partial charge in [0.1, 0.15) is 11.4 Å². The average Bonchev–Trinajstić information content (AvgIpc) is 2.22. The Bertz CT molecular complexity index is 312. The van der Waals surface area contributed by atoms with Crippen LogP contribution in [0, 0.1) is 0 Å². The molecule has 1 aromatic rings. The fraction of sp³-hybridized carbons (Fsp3) is 0.538. The quantitative estimate of drug-likeness (QED) is 0.787. The van der Waals surface area contributed by atoms with Crippen LogP contribution in [-0.4, -0.2) is 10.8 Å². The van der Waals surface area contributed by atoms with Gasteiger partial charge < -0.3 is 5.11 Å². The summed E-state index contributed by atoms with van der Waals surface area (Å²) in [4.78, 5) is 0. The third-order valence-electron chi connectivity index (χ3n) is 3.21. The van der Waals surface area contributed by atoms with Gasteiger partial charge in [0.2, 0.25) is 0 Å². The van der Waals surface area contributed by atoms with Gasteiger partial charge in [-0.15, -0.1) is 0 Å². The Morgan fingerprint density at radius 1 is 1.07 bits per heavy atom. The molecule has 1 aliphatic rings. The number of hydrogen-bond acceptors (Lipinski definition) is 1. The number of hydrogen-bond donors (Lipinski definition) is 1. The lowest BCUT2D eigenvalue weighted by Gasteiger charge is -2.29. The molecule has 1 saturated carbocycles. The van der Waals surface area contributed by atoms with E-state index in [9.17, 15) is 4.39 Å². The standard InChI is InChI=1S/C13H17FO/c14-13(8-2-1-3-9-13)10-11-4-6-12(15)7-5-11/h4-7,15H,1-3,8-10H2. The summed E-state index contributed by atoms with van der Waals surface area (Å²) >= 11 is 0. The highest BCUT2D eigenvalue weighted by Crippen LogP contribution is 2.34. The maximum absolute atomic E-state index is 14.3. The van der Waals surface area contributed by atoms with Gasteiger partial charge in [-0.05, 0) is 30.5 Å². The fourth-order valence-electron chi connectivity index (χ4n) is 2.34. The molecule has 0 bridgehead atoms. The lowest BCUT2D eigenvalue weighted by molar-refractivity contribution is 0.107. The van der Waals surface area contributed by atoms with Gasteiger partial charge in [-0.3, -0.25) is 0 Å². The van der Waals surface area contributed by atoms with Gasteiger partial charge in [0.15, 0.2) is 0 Å². The van der Waals surface area contributed by atoms with E-state index in [4.69, 9.17) is 5.11 Å². The van der Waals surface area contributed by atoms with Crippen molar-refractivity contribution in [2.45, 2.75) is 44.2 Å². The number of phenols is 1. The molecule has 1 aromatic carbocycles. The Morgan fingerprint density at radius 2 is 1.67 bits per heavy atom. The van der Waals surface area contributed by atoms with E-state index in [1.54, 1.807) is 12.1 Å². The molecule has 0 atom stereocenters. The van der Waals surface area contributed by atoms with Crippen LogP contribution in [0.15, 0.2) is 24.3 Å². The van der Waals surface area contributed by atoms with Crippen LogP contribution in [0.5, 0.6) is 5.75 Å². The molecule has 0 saturated heterocycles. The number of halogens is 1. The Hall–Kier alpha value is -1.05. The van der Waals surface area contributed by atoms with Crippen LogP contribution in [0.3, 0.4) is 0 Å². The summed E-state index contributed by atoms with van der Waals surface area (Å²) in [7, 11) is 0. The molecule has 0 heterocycles. The van der Waals surface area contributed by atoms with Crippen LogP contribution >= 0.6 is 0 Å². The molecule has 2 rings (SSSR count). The van der Waals surface area contributed by atoms with Crippen LogP contribution in [0.4, 0.5) is 4.39 Å². The number of phenolic OH excluding ortho intramolecular Hbond substituents is 1. The molecule has 82 valence electrons. The second-order valence-electron chi connectivity index (χ2n) is 4.55. The van der Waals surface area contributed by atoms with Gasteiger partial charge in [0.05, 0.1) is 0 Å². The van der Waals surface area contributed by atoms with Crippen molar-refractivity contribution in [2.24, 2.45) is 0 Å². The third kappa shape index (κ3) is 2.71. The van der Waals surface area contributed by atoms with Crippen LogP contribution in [-0.2, 0) is 6.42 Å². The molecule has 1 nitrogen and oxygen atoms in total. The molecule has 0 amide bonds. The van der Waals surface area contributed by atoms with Crippen molar-refractivity contribution < 1.29 is 9.50 Å². The van der Waals surface area contributed by atoms with E-state index in [1.807, 2.05) is 12.1 Å². The normalized spacial score (nSPS) is 20.1. The summed E-state index contributed by atoms with van der Waals surface area (Å²) in [5, 5.41) is 9.13. The first-order valence-corrected chi connectivity index (χ1v) is 5.65. The Balaban J connectivity index is 2.03. The molecule has 0 aromatic heterocycles. The summed E-state index contributed by atoms with van der Waals surface area (Å²) in [6.45, 7) is 0. The van der Waals surface area contributed by atoms with Crippen LogP contribution in [0.1, 0.15) is 37.7 Å². The second-order valence-corrected chi connectivity index (χ2v) is 4.55. The Labute approximate surface area is 89.9 Å². The minimum absolute atomic E-state index is 0.246. The minimum Gasteiger partial charge on any atom is -0.508 e. The molecule has 0 spiro atoms. The van der Waals surface area contributed by atoms with E-state index in [1.165, 1.54) is 6.42 Å². The van der Waals surface area contributed by atoms with Crippen molar-refractivity contribution >= 4 is 0 Å². The van der Waals surface area contributed by atoms with E-state index < -0.39 is 5.67 Å². The molecule has 1 aliphatic carbocycles. The summed E-state index contributed by atoms with van der Waals surface area (Å²) in [6.07, 6.45) is 5.06. The Kier molecular flexibility index (Phi) is 2.94. The van der Waals surface area contributed by atoms with Crippen molar-refractivity contribution in [1.29, 1.82) is 0 Å². The molecule has 0 unspecified atom stereocenters. The van der Waals surface area contributed by atoms with Crippen LogP contribution in [0.2, 0.25) is 0 Å². The Morgan fingerprint density at radius 3 is 2.27 bits per heavy atom. The van der Waals surface area contributed by atoms with Crippen molar-refractivity contribution in [2.75, 3.05) is 0 Å². The zero-order chi connectivity index (χ0) is 10.7. The molecule has 1 fully saturated rings. The summed E-state index contributed by atoms with van der Waals surface area (Å²) < 4.78 is 14.3. The molecule has 2 heteroatoms. The van der Waals surface area contributed by atoms with Gasteiger partial charge in [-0.25, -0.2) is 4.39 Å². The van der Waals surface area contributed by atoms with Gasteiger partial charge in [-0.2, -0.15) is 0 Å². The molecule has 0 radical (unpaired) electrons. The largest absolute Gasteiger partial charge is 0.508 e. The lowest BCUT2D eigenvalue weighted by atomic mass is 9.82. The summed E-state index contributed by atoms with van der Waals surface area (Å²) in [6, 6.07) is 6.87. The number of rotatable bonds is 2. The van der Waals surface area contributed by atoms with Gasteiger partial charge in [0, 0.05) is 6.42 Å².